The first-order valence-corrected chi connectivity index (χ1v) is 11.8. The SMILES string of the molecule is COc1ccc(-c2nc(NC(=O)Cc3ccc(S(=O)(=O)C(C)C)cc3)sc2C)cc1. The Morgan fingerprint density at radius 1 is 1.10 bits per heavy atom. The van der Waals surface area contributed by atoms with E-state index >= 15 is 0 Å². The molecule has 0 aliphatic heterocycles. The summed E-state index contributed by atoms with van der Waals surface area (Å²) < 4.78 is 29.6. The summed E-state index contributed by atoms with van der Waals surface area (Å²) in [6, 6.07) is 14.0. The van der Waals surface area contributed by atoms with Gasteiger partial charge in [0.25, 0.3) is 0 Å². The van der Waals surface area contributed by atoms with Crippen molar-refractivity contribution in [2.45, 2.75) is 37.3 Å². The number of carbonyl (C=O) groups is 1. The number of sulfone groups is 1. The molecular formula is C22H24N2O4S2. The van der Waals surface area contributed by atoms with Crippen molar-refractivity contribution >= 4 is 32.2 Å². The molecule has 0 atom stereocenters. The second-order valence-electron chi connectivity index (χ2n) is 7.11. The van der Waals surface area contributed by atoms with Crippen LogP contribution in [0.25, 0.3) is 11.3 Å². The first kappa shape index (κ1) is 22.0. The van der Waals surface area contributed by atoms with Crippen LogP contribution in [0.3, 0.4) is 0 Å². The monoisotopic (exact) mass is 444 g/mol. The van der Waals surface area contributed by atoms with E-state index in [1.54, 1.807) is 45.2 Å². The molecule has 3 rings (SSSR count). The molecule has 3 aromatic rings. The van der Waals surface area contributed by atoms with Crippen molar-refractivity contribution in [3.05, 3.63) is 59.0 Å². The largest absolute Gasteiger partial charge is 0.497 e. The van der Waals surface area contributed by atoms with Crippen LogP contribution in [-0.4, -0.2) is 31.7 Å². The van der Waals surface area contributed by atoms with Crippen molar-refractivity contribution in [2.24, 2.45) is 0 Å². The predicted octanol–water partition coefficient (Wildman–Crippen LogP) is 4.49. The maximum absolute atomic E-state index is 12.4. The fourth-order valence-electron chi connectivity index (χ4n) is 2.88. The maximum Gasteiger partial charge on any atom is 0.230 e. The van der Waals surface area contributed by atoms with Gasteiger partial charge in [0.2, 0.25) is 5.91 Å². The molecule has 0 bridgehead atoms. The number of hydrogen-bond donors (Lipinski definition) is 1. The average Bonchev–Trinajstić information content (AvgIpc) is 3.08. The van der Waals surface area contributed by atoms with E-state index in [9.17, 15) is 13.2 Å². The van der Waals surface area contributed by atoms with Gasteiger partial charge >= 0.3 is 0 Å². The summed E-state index contributed by atoms with van der Waals surface area (Å²) in [5, 5.41) is 2.88. The highest BCUT2D eigenvalue weighted by Crippen LogP contribution is 2.31. The number of anilines is 1. The Kier molecular flexibility index (Phi) is 6.58. The minimum atomic E-state index is -3.32. The lowest BCUT2D eigenvalue weighted by Crippen LogP contribution is -2.15. The molecule has 1 heterocycles. The van der Waals surface area contributed by atoms with Gasteiger partial charge in [0.15, 0.2) is 15.0 Å². The van der Waals surface area contributed by atoms with Gasteiger partial charge in [0.05, 0.1) is 29.4 Å². The lowest BCUT2D eigenvalue weighted by molar-refractivity contribution is -0.115. The van der Waals surface area contributed by atoms with Crippen molar-refractivity contribution in [3.63, 3.8) is 0 Å². The van der Waals surface area contributed by atoms with Gasteiger partial charge in [-0.2, -0.15) is 0 Å². The Labute approximate surface area is 180 Å². The number of benzene rings is 2. The molecule has 8 heteroatoms. The van der Waals surface area contributed by atoms with Crippen LogP contribution in [0.1, 0.15) is 24.3 Å². The van der Waals surface area contributed by atoms with Gasteiger partial charge in [-0.05, 0) is 62.7 Å². The van der Waals surface area contributed by atoms with E-state index in [2.05, 4.69) is 10.3 Å². The highest BCUT2D eigenvalue weighted by Gasteiger charge is 2.19. The van der Waals surface area contributed by atoms with Crippen LogP contribution in [0.4, 0.5) is 5.13 Å². The molecule has 158 valence electrons. The predicted molar refractivity (Wildman–Crippen MR) is 120 cm³/mol. The van der Waals surface area contributed by atoms with Crippen molar-refractivity contribution in [1.29, 1.82) is 0 Å². The Hall–Kier alpha value is -2.71. The van der Waals surface area contributed by atoms with Crippen molar-refractivity contribution in [1.82, 2.24) is 4.98 Å². The molecule has 1 aromatic heterocycles. The highest BCUT2D eigenvalue weighted by atomic mass is 32.2. The van der Waals surface area contributed by atoms with Crippen LogP contribution in [0, 0.1) is 6.92 Å². The van der Waals surface area contributed by atoms with Gasteiger partial charge in [-0.3, -0.25) is 4.79 Å². The second kappa shape index (κ2) is 8.97. The summed E-state index contributed by atoms with van der Waals surface area (Å²) >= 11 is 1.41. The summed E-state index contributed by atoms with van der Waals surface area (Å²) in [5.41, 5.74) is 2.51. The summed E-state index contributed by atoms with van der Waals surface area (Å²) in [6.07, 6.45) is 0.137. The molecule has 0 aliphatic carbocycles. The van der Waals surface area contributed by atoms with E-state index < -0.39 is 15.1 Å². The molecule has 0 saturated heterocycles. The van der Waals surface area contributed by atoms with Gasteiger partial charge in [-0.1, -0.05) is 12.1 Å². The van der Waals surface area contributed by atoms with Crippen molar-refractivity contribution in [2.75, 3.05) is 12.4 Å². The number of aromatic nitrogens is 1. The van der Waals surface area contributed by atoms with Crippen LogP contribution in [0.2, 0.25) is 0 Å². The number of nitrogens with zero attached hydrogens (tertiary/aromatic N) is 1. The Morgan fingerprint density at radius 2 is 1.73 bits per heavy atom. The third-order valence-corrected chi connectivity index (χ3v) is 7.70. The van der Waals surface area contributed by atoms with E-state index in [1.165, 1.54) is 11.3 Å². The minimum Gasteiger partial charge on any atom is -0.497 e. The quantitative estimate of drug-likeness (QED) is 0.580. The first-order valence-electron chi connectivity index (χ1n) is 9.45. The van der Waals surface area contributed by atoms with Crippen LogP contribution in [-0.2, 0) is 21.1 Å². The maximum atomic E-state index is 12.4. The fourth-order valence-corrected chi connectivity index (χ4v) is 4.80. The van der Waals surface area contributed by atoms with Crippen molar-refractivity contribution in [3.8, 4) is 17.0 Å². The highest BCUT2D eigenvalue weighted by molar-refractivity contribution is 7.92. The standard InChI is InChI=1S/C22H24N2O4S2/c1-14(2)30(26,27)19-11-5-16(6-12-19)13-20(25)23-22-24-21(15(3)29-22)17-7-9-18(28-4)10-8-17/h5-12,14H,13H2,1-4H3,(H,23,24,25). The number of methoxy groups -OCH3 is 1. The molecule has 0 radical (unpaired) electrons. The molecule has 0 aliphatic rings. The molecule has 6 nitrogen and oxygen atoms in total. The number of thiazole rings is 1. The van der Waals surface area contributed by atoms with Gasteiger partial charge in [0, 0.05) is 10.4 Å². The van der Waals surface area contributed by atoms with Crippen LogP contribution in [0.5, 0.6) is 5.75 Å². The van der Waals surface area contributed by atoms with E-state index in [0.717, 1.165) is 27.4 Å². The Morgan fingerprint density at radius 3 is 2.30 bits per heavy atom. The number of nitrogens with one attached hydrogen (secondary N) is 1. The Bertz CT molecular complexity index is 1130. The topological polar surface area (TPSA) is 85.4 Å². The average molecular weight is 445 g/mol. The molecule has 1 amide bonds. The summed E-state index contributed by atoms with van der Waals surface area (Å²) in [6.45, 7) is 5.25. The zero-order chi connectivity index (χ0) is 21.9. The molecule has 0 unspecified atom stereocenters. The lowest BCUT2D eigenvalue weighted by atomic mass is 10.1. The first-order chi connectivity index (χ1) is 14.2. The van der Waals surface area contributed by atoms with Crippen LogP contribution < -0.4 is 10.1 Å². The smallest absolute Gasteiger partial charge is 0.230 e. The number of amides is 1. The lowest BCUT2D eigenvalue weighted by Gasteiger charge is -2.08. The minimum absolute atomic E-state index is 0.137. The summed E-state index contributed by atoms with van der Waals surface area (Å²) in [5.74, 6) is 0.567. The number of carbonyl (C=O) groups excluding carboxylic acids is 1. The fraction of sp³-hybridized carbons (Fsp3) is 0.273. The number of rotatable bonds is 7. The van der Waals surface area contributed by atoms with Crippen LogP contribution in [0.15, 0.2) is 53.4 Å². The van der Waals surface area contributed by atoms with E-state index in [1.807, 2.05) is 31.2 Å². The van der Waals surface area contributed by atoms with E-state index in [4.69, 9.17) is 4.74 Å². The Balaban J connectivity index is 1.68. The van der Waals surface area contributed by atoms with Crippen LogP contribution >= 0.6 is 11.3 Å². The number of aryl methyl sites for hydroxylation is 1. The zero-order valence-electron chi connectivity index (χ0n) is 17.3. The second-order valence-corrected chi connectivity index (χ2v) is 10.8. The van der Waals surface area contributed by atoms with Gasteiger partial charge in [-0.15, -0.1) is 11.3 Å². The zero-order valence-corrected chi connectivity index (χ0v) is 18.9. The summed E-state index contributed by atoms with van der Waals surface area (Å²) in [4.78, 5) is 18.2. The third-order valence-electron chi connectivity index (χ3n) is 4.64. The van der Waals surface area contributed by atoms with E-state index in [0.29, 0.717) is 5.13 Å². The molecule has 1 N–H and O–H groups in total. The molecule has 30 heavy (non-hydrogen) atoms. The summed E-state index contributed by atoms with van der Waals surface area (Å²) in [7, 11) is -1.70. The van der Waals surface area contributed by atoms with Gasteiger partial charge in [-0.25, -0.2) is 13.4 Å². The third kappa shape index (κ3) is 4.88. The van der Waals surface area contributed by atoms with Gasteiger partial charge < -0.3 is 10.1 Å². The van der Waals surface area contributed by atoms with E-state index in [-0.39, 0.29) is 17.2 Å². The van der Waals surface area contributed by atoms with Crippen molar-refractivity contribution < 1.29 is 17.9 Å². The molecule has 0 saturated carbocycles. The molecule has 0 fully saturated rings. The number of hydrogen-bond acceptors (Lipinski definition) is 6. The number of ether oxygens (including phenoxy) is 1. The van der Waals surface area contributed by atoms with Gasteiger partial charge in [0.1, 0.15) is 5.75 Å². The molecular weight excluding hydrogens is 420 g/mol. The molecule has 2 aromatic carbocycles. The normalized spacial score (nSPS) is 11.5. The molecule has 0 spiro atoms.